The van der Waals surface area contributed by atoms with E-state index in [9.17, 15) is 9.18 Å². The van der Waals surface area contributed by atoms with E-state index in [0.717, 1.165) is 11.3 Å². The van der Waals surface area contributed by atoms with E-state index >= 15 is 0 Å². The lowest BCUT2D eigenvalue weighted by molar-refractivity contribution is 0.0709. The predicted octanol–water partition coefficient (Wildman–Crippen LogP) is 3.43. The van der Waals surface area contributed by atoms with Crippen molar-refractivity contribution in [3.63, 3.8) is 0 Å². The summed E-state index contributed by atoms with van der Waals surface area (Å²) in [7, 11) is 1.49. The SMILES string of the molecule is COc1ccc(-c2nc(C)c(C(=O)N3CCn4ncc(C)c4C3)s2)c(F)c1. The number of fused-ring (bicyclic) bond motifs is 1. The Morgan fingerprint density at radius 3 is 2.85 bits per heavy atom. The van der Waals surface area contributed by atoms with Gasteiger partial charge in [-0.25, -0.2) is 9.37 Å². The van der Waals surface area contributed by atoms with Crippen LogP contribution in [0, 0.1) is 19.7 Å². The van der Waals surface area contributed by atoms with Crippen molar-refractivity contribution < 1.29 is 13.9 Å². The number of carbonyl (C=O) groups excluding carboxylic acids is 1. The fraction of sp³-hybridized carbons (Fsp3) is 0.316. The van der Waals surface area contributed by atoms with E-state index in [2.05, 4.69) is 10.1 Å². The van der Waals surface area contributed by atoms with Crippen LogP contribution in [0.15, 0.2) is 24.4 Å². The minimum absolute atomic E-state index is 0.0722. The van der Waals surface area contributed by atoms with Gasteiger partial charge in [-0.15, -0.1) is 11.3 Å². The lowest BCUT2D eigenvalue weighted by Gasteiger charge is -2.28. The molecule has 0 radical (unpaired) electrons. The van der Waals surface area contributed by atoms with Gasteiger partial charge in [0, 0.05) is 18.2 Å². The first-order valence-corrected chi connectivity index (χ1v) is 9.41. The minimum atomic E-state index is -0.417. The van der Waals surface area contributed by atoms with Crippen LogP contribution in [0.1, 0.15) is 26.6 Å². The number of carbonyl (C=O) groups is 1. The molecular formula is C19H19FN4O2S. The Kier molecular flexibility index (Phi) is 4.43. The number of rotatable bonds is 3. The molecule has 0 saturated carbocycles. The monoisotopic (exact) mass is 386 g/mol. The van der Waals surface area contributed by atoms with Crippen molar-refractivity contribution in [2.24, 2.45) is 0 Å². The van der Waals surface area contributed by atoms with Crippen molar-refractivity contribution in [1.29, 1.82) is 0 Å². The number of ether oxygens (including phenoxy) is 1. The van der Waals surface area contributed by atoms with Crippen LogP contribution in [-0.2, 0) is 13.1 Å². The molecule has 1 aromatic carbocycles. The molecule has 1 aliphatic heterocycles. The second kappa shape index (κ2) is 6.77. The highest BCUT2D eigenvalue weighted by molar-refractivity contribution is 7.17. The molecule has 2 aromatic heterocycles. The first-order valence-electron chi connectivity index (χ1n) is 8.60. The third-order valence-corrected chi connectivity index (χ3v) is 5.94. The Balaban J connectivity index is 1.62. The smallest absolute Gasteiger partial charge is 0.266 e. The largest absolute Gasteiger partial charge is 0.497 e. The molecule has 0 aliphatic carbocycles. The van der Waals surface area contributed by atoms with E-state index in [4.69, 9.17) is 4.74 Å². The average Bonchev–Trinajstić information content (AvgIpc) is 3.23. The van der Waals surface area contributed by atoms with Crippen LogP contribution in [-0.4, -0.2) is 39.2 Å². The van der Waals surface area contributed by atoms with Crippen LogP contribution in [0.4, 0.5) is 4.39 Å². The Bertz CT molecular complexity index is 1030. The highest BCUT2D eigenvalue weighted by Gasteiger charge is 2.27. The number of halogens is 1. The summed E-state index contributed by atoms with van der Waals surface area (Å²) in [6, 6.07) is 4.64. The topological polar surface area (TPSA) is 60.2 Å². The molecule has 0 bridgehead atoms. The van der Waals surface area contributed by atoms with Gasteiger partial charge in [0.25, 0.3) is 5.91 Å². The molecule has 0 unspecified atom stereocenters. The number of hydrogen-bond donors (Lipinski definition) is 0. The number of benzene rings is 1. The summed E-state index contributed by atoms with van der Waals surface area (Å²) in [5.41, 5.74) is 3.12. The fourth-order valence-corrected chi connectivity index (χ4v) is 4.26. The number of amides is 1. The molecule has 6 nitrogen and oxygen atoms in total. The minimum Gasteiger partial charge on any atom is -0.497 e. The first kappa shape index (κ1) is 17.7. The number of thiazole rings is 1. The highest BCUT2D eigenvalue weighted by Crippen LogP contribution is 2.32. The molecule has 1 aliphatic rings. The van der Waals surface area contributed by atoms with E-state index < -0.39 is 5.82 Å². The number of methoxy groups -OCH3 is 1. The van der Waals surface area contributed by atoms with Crippen molar-refractivity contribution in [2.75, 3.05) is 13.7 Å². The zero-order valence-electron chi connectivity index (χ0n) is 15.3. The maximum absolute atomic E-state index is 14.4. The van der Waals surface area contributed by atoms with Gasteiger partial charge in [0.05, 0.1) is 37.8 Å². The van der Waals surface area contributed by atoms with Gasteiger partial charge in [0.1, 0.15) is 21.5 Å². The molecule has 3 aromatic rings. The van der Waals surface area contributed by atoms with Gasteiger partial charge in [-0.2, -0.15) is 5.10 Å². The lowest BCUT2D eigenvalue weighted by Crippen LogP contribution is -2.38. The summed E-state index contributed by atoms with van der Waals surface area (Å²) in [6.45, 7) is 5.57. The van der Waals surface area contributed by atoms with E-state index in [-0.39, 0.29) is 5.91 Å². The van der Waals surface area contributed by atoms with Gasteiger partial charge in [0.2, 0.25) is 0 Å². The number of aromatic nitrogens is 3. The van der Waals surface area contributed by atoms with Gasteiger partial charge in [-0.3, -0.25) is 9.48 Å². The molecule has 3 heterocycles. The quantitative estimate of drug-likeness (QED) is 0.692. The molecule has 140 valence electrons. The Hall–Kier alpha value is -2.74. The third-order valence-electron chi connectivity index (χ3n) is 4.76. The van der Waals surface area contributed by atoms with E-state index in [1.54, 1.807) is 24.0 Å². The molecule has 0 fully saturated rings. The van der Waals surface area contributed by atoms with E-state index in [1.165, 1.54) is 24.5 Å². The maximum atomic E-state index is 14.4. The molecule has 0 spiro atoms. The van der Waals surface area contributed by atoms with Gasteiger partial charge >= 0.3 is 0 Å². The molecule has 0 atom stereocenters. The van der Waals surface area contributed by atoms with Crippen molar-refractivity contribution in [3.05, 3.63) is 52.0 Å². The Morgan fingerprint density at radius 1 is 1.30 bits per heavy atom. The summed E-state index contributed by atoms with van der Waals surface area (Å²) >= 11 is 1.22. The van der Waals surface area contributed by atoms with E-state index in [1.807, 2.05) is 17.8 Å². The standard InChI is InChI=1S/C19H19FN4O2S/c1-11-9-21-24-7-6-23(10-16(11)24)19(25)17-12(2)22-18(27-17)14-5-4-13(26-3)8-15(14)20/h4-5,8-9H,6-7,10H2,1-3H3. The normalized spacial score (nSPS) is 13.6. The second-order valence-corrected chi connectivity index (χ2v) is 7.50. The number of hydrogen-bond acceptors (Lipinski definition) is 5. The Labute approximate surface area is 160 Å². The van der Waals surface area contributed by atoms with Crippen molar-refractivity contribution in [3.8, 4) is 16.3 Å². The summed E-state index contributed by atoms with van der Waals surface area (Å²) in [4.78, 5) is 19.8. The summed E-state index contributed by atoms with van der Waals surface area (Å²) in [5.74, 6) is -0.0438. The van der Waals surface area contributed by atoms with Gasteiger partial charge in [0.15, 0.2) is 0 Å². The Morgan fingerprint density at radius 2 is 2.11 bits per heavy atom. The molecule has 27 heavy (non-hydrogen) atoms. The first-order chi connectivity index (χ1) is 13.0. The fourth-order valence-electron chi connectivity index (χ4n) is 3.20. The third kappa shape index (κ3) is 3.10. The second-order valence-electron chi connectivity index (χ2n) is 6.50. The van der Waals surface area contributed by atoms with Crippen LogP contribution in [0.2, 0.25) is 0 Å². The average molecular weight is 386 g/mol. The molecule has 8 heteroatoms. The van der Waals surface area contributed by atoms with Crippen LogP contribution in [0.25, 0.3) is 10.6 Å². The highest BCUT2D eigenvalue weighted by atomic mass is 32.1. The van der Waals surface area contributed by atoms with Crippen LogP contribution in [0.3, 0.4) is 0 Å². The summed E-state index contributed by atoms with van der Waals surface area (Å²) in [6.07, 6.45) is 1.83. The summed E-state index contributed by atoms with van der Waals surface area (Å²) < 4.78 is 21.4. The maximum Gasteiger partial charge on any atom is 0.266 e. The molecule has 0 N–H and O–H groups in total. The molecule has 1 amide bonds. The van der Waals surface area contributed by atoms with Crippen molar-refractivity contribution >= 4 is 17.2 Å². The van der Waals surface area contributed by atoms with E-state index in [0.29, 0.717) is 46.5 Å². The number of aryl methyl sites for hydroxylation is 2. The van der Waals surface area contributed by atoms with Crippen LogP contribution >= 0.6 is 11.3 Å². The molecule has 0 saturated heterocycles. The molecular weight excluding hydrogens is 367 g/mol. The zero-order valence-corrected chi connectivity index (χ0v) is 16.1. The van der Waals surface area contributed by atoms with Gasteiger partial charge in [-0.05, 0) is 31.5 Å². The van der Waals surface area contributed by atoms with Crippen molar-refractivity contribution in [2.45, 2.75) is 26.9 Å². The van der Waals surface area contributed by atoms with Gasteiger partial charge in [-0.1, -0.05) is 0 Å². The lowest BCUT2D eigenvalue weighted by atomic mass is 10.2. The van der Waals surface area contributed by atoms with Crippen LogP contribution in [0.5, 0.6) is 5.75 Å². The van der Waals surface area contributed by atoms with Crippen LogP contribution < -0.4 is 4.74 Å². The predicted molar refractivity (Wildman–Crippen MR) is 101 cm³/mol. The van der Waals surface area contributed by atoms with Gasteiger partial charge < -0.3 is 9.64 Å². The van der Waals surface area contributed by atoms with Crippen molar-refractivity contribution in [1.82, 2.24) is 19.7 Å². The zero-order chi connectivity index (χ0) is 19.1. The number of nitrogens with zero attached hydrogens (tertiary/aromatic N) is 4. The molecule has 4 rings (SSSR count). The summed E-state index contributed by atoms with van der Waals surface area (Å²) in [5, 5.41) is 4.82.